The molecular weight excluding hydrogens is 620 g/mol. The van der Waals surface area contributed by atoms with E-state index in [-0.39, 0.29) is 11.8 Å². The van der Waals surface area contributed by atoms with Crippen molar-refractivity contribution in [3.8, 4) is 16.9 Å². The second-order valence-electron chi connectivity index (χ2n) is 13.1. The average Bonchev–Trinajstić information content (AvgIpc) is 3.13. The quantitative estimate of drug-likeness (QED) is 0.0283. The van der Waals surface area contributed by atoms with Crippen molar-refractivity contribution < 1.29 is 19.1 Å². The summed E-state index contributed by atoms with van der Waals surface area (Å²) in [5.74, 6) is 0.461. The van der Waals surface area contributed by atoms with Crippen LogP contribution >= 0.6 is 0 Å². The zero-order chi connectivity index (χ0) is 35.4. The number of carbonyl (C=O) groups is 2. The number of nitrogen functional groups attached to an aromatic ring is 2. The molecule has 6 heteroatoms. The Morgan fingerprint density at radius 2 is 1.16 bits per heavy atom. The molecule has 0 heterocycles. The summed E-state index contributed by atoms with van der Waals surface area (Å²) in [6, 6.07) is 29.3. The lowest BCUT2D eigenvalue weighted by Crippen LogP contribution is -2.07. The van der Waals surface area contributed by atoms with Crippen molar-refractivity contribution in [2.75, 3.05) is 24.7 Å². The Labute approximate surface area is 298 Å². The van der Waals surface area contributed by atoms with Gasteiger partial charge in [-0.3, -0.25) is 4.79 Å². The smallest absolute Gasteiger partial charge is 0.338 e. The van der Waals surface area contributed by atoms with E-state index in [1.807, 2.05) is 54.6 Å². The SMILES string of the molecule is CCCCCc1ccc(-c2ccc(C(=O)/C=C/c3ccc(OCCCCCCCCCCCOC(=O)c4cc(N)cc(N)c4)cc3)cc2)cc1. The lowest BCUT2D eigenvalue weighted by Gasteiger charge is -2.07. The predicted molar refractivity (Wildman–Crippen MR) is 208 cm³/mol. The molecule has 0 fully saturated rings. The Hall–Kier alpha value is -4.84. The standard InChI is InChI=1S/C44H54N2O4/c1-2-3-11-14-34-15-20-36(21-16-34)37-22-24-38(25-23-37)43(47)28-19-35-17-26-42(27-18-35)49-29-12-9-7-5-4-6-8-10-13-30-50-44(48)39-31-40(45)33-41(46)32-39/h15-28,31-33H,2-14,29-30,45-46H2,1H3/b28-19+. The summed E-state index contributed by atoms with van der Waals surface area (Å²) >= 11 is 0. The molecule has 4 aromatic carbocycles. The Balaban J connectivity index is 1.02. The molecule has 0 saturated heterocycles. The highest BCUT2D eigenvalue weighted by Crippen LogP contribution is 2.22. The van der Waals surface area contributed by atoms with Crippen LogP contribution in [0, 0.1) is 0 Å². The summed E-state index contributed by atoms with van der Waals surface area (Å²) in [7, 11) is 0. The number of carbonyl (C=O) groups excluding carboxylic acids is 2. The third-order valence-corrected chi connectivity index (χ3v) is 8.84. The van der Waals surface area contributed by atoms with E-state index >= 15 is 0 Å². The maximum absolute atomic E-state index is 12.8. The molecule has 0 bridgehead atoms. The van der Waals surface area contributed by atoms with Gasteiger partial charge in [0.05, 0.1) is 18.8 Å². The molecule has 0 aromatic heterocycles. The molecule has 264 valence electrons. The van der Waals surface area contributed by atoms with E-state index in [0.29, 0.717) is 35.7 Å². The number of aryl methyl sites for hydroxylation is 1. The molecule has 0 spiro atoms. The van der Waals surface area contributed by atoms with Crippen LogP contribution < -0.4 is 16.2 Å². The van der Waals surface area contributed by atoms with Crippen molar-refractivity contribution >= 4 is 29.2 Å². The van der Waals surface area contributed by atoms with Crippen LogP contribution in [0.5, 0.6) is 5.75 Å². The van der Waals surface area contributed by atoms with E-state index in [1.54, 1.807) is 24.3 Å². The number of rotatable bonds is 22. The minimum Gasteiger partial charge on any atom is -0.494 e. The molecule has 0 saturated carbocycles. The van der Waals surface area contributed by atoms with Gasteiger partial charge in [-0.1, -0.05) is 131 Å². The first-order valence-corrected chi connectivity index (χ1v) is 18.4. The van der Waals surface area contributed by atoms with E-state index in [4.69, 9.17) is 20.9 Å². The van der Waals surface area contributed by atoms with E-state index in [2.05, 4.69) is 31.2 Å². The molecule has 0 unspecified atom stereocenters. The molecule has 6 nitrogen and oxygen atoms in total. The number of nitrogens with two attached hydrogens (primary N) is 2. The largest absolute Gasteiger partial charge is 0.494 e. The minimum absolute atomic E-state index is 0.0110. The van der Waals surface area contributed by atoms with E-state index in [9.17, 15) is 9.59 Å². The highest BCUT2D eigenvalue weighted by atomic mass is 16.5. The molecular formula is C44H54N2O4. The van der Waals surface area contributed by atoms with Crippen LogP contribution in [0.1, 0.15) is 116 Å². The van der Waals surface area contributed by atoms with E-state index in [0.717, 1.165) is 55.4 Å². The van der Waals surface area contributed by atoms with Gasteiger partial charge < -0.3 is 20.9 Å². The molecule has 0 aliphatic heterocycles. The third-order valence-electron chi connectivity index (χ3n) is 8.84. The topological polar surface area (TPSA) is 105 Å². The first-order chi connectivity index (χ1) is 24.4. The van der Waals surface area contributed by atoms with Crippen molar-refractivity contribution in [1.82, 2.24) is 0 Å². The van der Waals surface area contributed by atoms with Gasteiger partial charge in [0.1, 0.15) is 5.75 Å². The number of benzene rings is 4. The number of allylic oxidation sites excluding steroid dienone is 1. The van der Waals surface area contributed by atoms with Crippen molar-refractivity contribution in [3.05, 3.63) is 119 Å². The van der Waals surface area contributed by atoms with Crippen LogP contribution in [0.4, 0.5) is 11.4 Å². The lowest BCUT2D eigenvalue weighted by atomic mass is 9.99. The highest BCUT2D eigenvalue weighted by Gasteiger charge is 2.09. The Bertz CT molecular complexity index is 1610. The molecule has 4 aromatic rings. The molecule has 0 radical (unpaired) electrons. The summed E-state index contributed by atoms with van der Waals surface area (Å²) < 4.78 is 11.3. The number of hydrogen-bond acceptors (Lipinski definition) is 6. The molecule has 4 N–H and O–H groups in total. The van der Waals surface area contributed by atoms with Gasteiger partial charge in [0.15, 0.2) is 5.78 Å². The van der Waals surface area contributed by atoms with Gasteiger partial charge in [-0.2, -0.15) is 0 Å². The van der Waals surface area contributed by atoms with Gasteiger partial charge in [0.25, 0.3) is 0 Å². The fraction of sp³-hybridized carbons (Fsp3) is 0.364. The minimum atomic E-state index is -0.376. The summed E-state index contributed by atoms with van der Waals surface area (Å²) in [5.41, 5.74) is 18.1. The van der Waals surface area contributed by atoms with Gasteiger partial charge in [-0.15, -0.1) is 0 Å². The Morgan fingerprint density at radius 1 is 0.600 bits per heavy atom. The molecule has 0 amide bonds. The van der Waals surface area contributed by atoms with Crippen LogP contribution in [0.2, 0.25) is 0 Å². The van der Waals surface area contributed by atoms with E-state index < -0.39 is 0 Å². The van der Waals surface area contributed by atoms with Crippen molar-refractivity contribution in [3.63, 3.8) is 0 Å². The number of ketones is 1. The molecule has 50 heavy (non-hydrogen) atoms. The number of esters is 1. The van der Waals surface area contributed by atoms with Gasteiger partial charge in [0, 0.05) is 16.9 Å². The van der Waals surface area contributed by atoms with Crippen molar-refractivity contribution in [2.24, 2.45) is 0 Å². The van der Waals surface area contributed by atoms with Crippen LogP contribution in [0.15, 0.2) is 97.1 Å². The second kappa shape index (κ2) is 21.3. The van der Waals surface area contributed by atoms with E-state index in [1.165, 1.54) is 56.1 Å². The normalized spacial score (nSPS) is 11.1. The summed E-state index contributed by atoms with van der Waals surface area (Å²) in [6.07, 6.45) is 18.4. The first-order valence-electron chi connectivity index (χ1n) is 18.4. The molecule has 0 aliphatic carbocycles. The summed E-state index contributed by atoms with van der Waals surface area (Å²) in [5, 5.41) is 0. The van der Waals surface area contributed by atoms with Crippen molar-refractivity contribution in [1.29, 1.82) is 0 Å². The monoisotopic (exact) mass is 674 g/mol. The third kappa shape index (κ3) is 13.6. The van der Waals surface area contributed by atoms with Crippen LogP contribution in [-0.4, -0.2) is 25.0 Å². The highest BCUT2D eigenvalue weighted by molar-refractivity contribution is 6.07. The number of anilines is 2. The maximum atomic E-state index is 12.8. The summed E-state index contributed by atoms with van der Waals surface area (Å²) in [4.78, 5) is 24.9. The van der Waals surface area contributed by atoms with Crippen LogP contribution in [0.3, 0.4) is 0 Å². The van der Waals surface area contributed by atoms with Gasteiger partial charge in [-0.05, 0) is 84.3 Å². The van der Waals surface area contributed by atoms with Gasteiger partial charge in [0.2, 0.25) is 0 Å². The fourth-order valence-corrected chi connectivity index (χ4v) is 5.89. The number of unbranched alkanes of at least 4 members (excludes halogenated alkanes) is 10. The lowest BCUT2D eigenvalue weighted by molar-refractivity contribution is 0.0497. The van der Waals surface area contributed by atoms with Crippen LogP contribution in [0.25, 0.3) is 17.2 Å². The number of hydrogen-bond donors (Lipinski definition) is 2. The average molecular weight is 675 g/mol. The molecule has 0 atom stereocenters. The molecule has 4 rings (SSSR count). The fourth-order valence-electron chi connectivity index (χ4n) is 5.89. The number of ether oxygens (including phenoxy) is 2. The zero-order valence-corrected chi connectivity index (χ0v) is 29.7. The maximum Gasteiger partial charge on any atom is 0.338 e. The van der Waals surface area contributed by atoms with Gasteiger partial charge >= 0.3 is 5.97 Å². The first kappa shape index (κ1) is 38.0. The Kier molecular flexibility index (Phi) is 16.2. The predicted octanol–water partition coefficient (Wildman–Crippen LogP) is 10.9. The Morgan fingerprint density at radius 3 is 1.76 bits per heavy atom. The summed E-state index contributed by atoms with van der Waals surface area (Å²) in [6.45, 7) is 3.35. The van der Waals surface area contributed by atoms with Crippen molar-refractivity contribution in [2.45, 2.75) is 90.4 Å². The molecule has 0 aliphatic rings. The van der Waals surface area contributed by atoms with Crippen LogP contribution in [-0.2, 0) is 11.2 Å². The van der Waals surface area contributed by atoms with Gasteiger partial charge in [-0.25, -0.2) is 4.79 Å². The zero-order valence-electron chi connectivity index (χ0n) is 29.7. The second-order valence-corrected chi connectivity index (χ2v) is 13.1.